The molecule has 1 nitrogen and oxygen atoms in total. The number of thiophene rings is 2. The topological polar surface area (TPSA) is 17.1 Å². The summed E-state index contributed by atoms with van der Waals surface area (Å²) in [6.07, 6.45) is 0.539. The molecule has 0 atom stereocenters. The van der Waals surface area contributed by atoms with Crippen LogP contribution in [0, 0.1) is 6.92 Å². The number of carbonyl (C=O) groups is 1. The second-order valence-electron chi connectivity index (χ2n) is 3.09. The molecule has 0 aliphatic carbocycles. The van der Waals surface area contributed by atoms with Crippen molar-refractivity contribution < 1.29 is 4.79 Å². The molecule has 72 valence electrons. The maximum atomic E-state index is 11.7. The molecule has 2 aromatic rings. The molecule has 0 aliphatic heterocycles. The summed E-state index contributed by atoms with van der Waals surface area (Å²) in [7, 11) is 0. The first kappa shape index (κ1) is 9.62. The Morgan fingerprint density at radius 2 is 2.21 bits per heavy atom. The third kappa shape index (κ3) is 2.11. The highest BCUT2D eigenvalue weighted by molar-refractivity contribution is 7.14. The van der Waals surface area contributed by atoms with Gasteiger partial charge in [-0.3, -0.25) is 4.79 Å². The van der Waals surface area contributed by atoms with Crippen LogP contribution < -0.4 is 0 Å². The van der Waals surface area contributed by atoms with E-state index in [0.29, 0.717) is 6.42 Å². The minimum atomic E-state index is 0.227. The summed E-state index contributed by atoms with van der Waals surface area (Å²) >= 11 is 3.21. The third-order valence-corrected chi connectivity index (χ3v) is 3.85. The minimum Gasteiger partial charge on any atom is -0.293 e. The molecule has 0 unspecified atom stereocenters. The van der Waals surface area contributed by atoms with E-state index in [9.17, 15) is 4.79 Å². The third-order valence-electron chi connectivity index (χ3n) is 1.93. The van der Waals surface area contributed by atoms with Gasteiger partial charge in [0.2, 0.25) is 0 Å². The van der Waals surface area contributed by atoms with Gasteiger partial charge in [0, 0.05) is 16.2 Å². The van der Waals surface area contributed by atoms with Crippen molar-refractivity contribution in [3.8, 4) is 0 Å². The van der Waals surface area contributed by atoms with Gasteiger partial charge in [0.15, 0.2) is 5.78 Å². The summed E-state index contributed by atoms with van der Waals surface area (Å²) in [5.41, 5.74) is 0. The van der Waals surface area contributed by atoms with E-state index in [1.54, 1.807) is 22.7 Å². The van der Waals surface area contributed by atoms with Crippen LogP contribution in [0.1, 0.15) is 19.4 Å². The number of rotatable bonds is 3. The van der Waals surface area contributed by atoms with Gasteiger partial charge in [0.05, 0.1) is 4.88 Å². The lowest BCUT2D eigenvalue weighted by Crippen LogP contribution is -1.98. The fourth-order valence-corrected chi connectivity index (χ4v) is 2.75. The number of hydrogen-bond acceptors (Lipinski definition) is 3. The van der Waals surface area contributed by atoms with Gasteiger partial charge in [0.25, 0.3) is 0 Å². The van der Waals surface area contributed by atoms with E-state index in [1.807, 2.05) is 36.6 Å². The summed E-state index contributed by atoms with van der Waals surface area (Å²) in [5.74, 6) is 0.227. The number of carbonyl (C=O) groups excluding carboxylic acids is 1. The lowest BCUT2D eigenvalue weighted by atomic mass is 10.2. The predicted molar refractivity (Wildman–Crippen MR) is 61.4 cm³/mol. The molecule has 0 N–H and O–H groups in total. The largest absolute Gasteiger partial charge is 0.293 e. The molecule has 0 saturated carbocycles. The summed E-state index contributed by atoms with van der Waals surface area (Å²) < 4.78 is 0. The van der Waals surface area contributed by atoms with Gasteiger partial charge in [-0.25, -0.2) is 0 Å². The monoisotopic (exact) mass is 222 g/mol. The average Bonchev–Trinajstić information content (AvgIpc) is 2.75. The van der Waals surface area contributed by atoms with E-state index in [-0.39, 0.29) is 5.78 Å². The molecular formula is C11H10OS2. The zero-order chi connectivity index (χ0) is 9.97. The summed E-state index contributed by atoms with van der Waals surface area (Å²) in [5, 5.41) is 2.00. The van der Waals surface area contributed by atoms with E-state index < -0.39 is 0 Å². The zero-order valence-electron chi connectivity index (χ0n) is 7.82. The fourth-order valence-electron chi connectivity index (χ4n) is 1.24. The highest BCUT2D eigenvalue weighted by atomic mass is 32.1. The van der Waals surface area contributed by atoms with Crippen LogP contribution in [-0.4, -0.2) is 5.78 Å². The van der Waals surface area contributed by atoms with Gasteiger partial charge in [-0.1, -0.05) is 6.07 Å². The van der Waals surface area contributed by atoms with Gasteiger partial charge >= 0.3 is 0 Å². The normalized spacial score (nSPS) is 10.4. The Labute approximate surface area is 91.0 Å². The van der Waals surface area contributed by atoms with Crippen LogP contribution in [0.3, 0.4) is 0 Å². The van der Waals surface area contributed by atoms with Crippen molar-refractivity contribution in [1.82, 2.24) is 0 Å². The van der Waals surface area contributed by atoms with E-state index >= 15 is 0 Å². The average molecular weight is 222 g/mol. The molecule has 0 aromatic carbocycles. The Balaban J connectivity index is 2.10. The summed E-state index contributed by atoms with van der Waals surface area (Å²) in [6, 6.07) is 7.89. The molecule has 0 radical (unpaired) electrons. The van der Waals surface area contributed by atoms with Crippen molar-refractivity contribution in [2.45, 2.75) is 13.3 Å². The molecule has 0 bridgehead atoms. The van der Waals surface area contributed by atoms with E-state index in [2.05, 4.69) is 0 Å². The van der Waals surface area contributed by atoms with Crippen molar-refractivity contribution in [2.75, 3.05) is 0 Å². The van der Waals surface area contributed by atoms with Crippen LogP contribution >= 0.6 is 22.7 Å². The molecule has 0 aliphatic rings. The molecule has 0 amide bonds. The first-order valence-electron chi connectivity index (χ1n) is 4.38. The van der Waals surface area contributed by atoms with Crippen molar-refractivity contribution >= 4 is 28.5 Å². The molecule has 0 fully saturated rings. The Kier molecular flexibility index (Phi) is 2.79. The molecule has 2 rings (SSSR count). The summed E-state index contributed by atoms with van der Waals surface area (Å²) in [6.45, 7) is 2.02. The van der Waals surface area contributed by atoms with Crippen LogP contribution in [0.4, 0.5) is 0 Å². The Bertz CT molecular complexity index is 426. The smallest absolute Gasteiger partial charge is 0.177 e. The van der Waals surface area contributed by atoms with Gasteiger partial charge in [-0.05, 0) is 30.5 Å². The van der Waals surface area contributed by atoms with Crippen LogP contribution in [0.25, 0.3) is 0 Å². The first-order valence-corrected chi connectivity index (χ1v) is 6.07. The Hall–Kier alpha value is -0.930. The van der Waals surface area contributed by atoms with E-state index in [0.717, 1.165) is 9.75 Å². The molecule has 3 heteroatoms. The van der Waals surface area contributed by atoms with Crippen LogP contribution in [-0.2, 0) is 6.42 Å². The molecule has 14 heavy (non-hydrogen) atoms. The standard InChI is InChI=1S/C11H10OS2/c1-8-4-5-11(14-8)10(12)7-9-3-2-6-13-9/h2-6H,7H2,1H3. The molecule has 2 heterocycles. The van der Waals surface area contributed by atoms with Crippen LogP contribution in [0.2, 0.25) is 0 Å². The zero-order valence-corrected chi connectivity index (χ0v) is 9.45. The fraction of sp³-hybridized carbons (Fsp3) is 0.182. The second kappa shape index (κ2) is 4.07. The SMILES string of the molecule is Cc1ccc(C(=O)Cc2cccs2)s1. The molecule has 0 saturated heterocycles. The van der Waals surface area contributed by atoms with Crippen LogP contribution in [0.15, 0.2) is 29.6 Å². The van der Waals surface area contributed by atoms with Crippen molar-refractivity contribution in [3.63, 3.8) is 0 Å². The predicted octanol–water partition coefficient (Wildman–Crippen LogP) is 3.54. The van der Waals surface area contributed by atoms with Gasteiger partial charge in [0.1, 0.15) is 0 Å². The van der Waals surface area contributed by atoms with Crippen molar-refractivity contribution in [3.05, 3.63) is 44.3 Å². The molecular weight excluding hydrogens is 212 g/mol. The summed E-state index contributed by atoms with van der Waals surface area (Å²) in [4.78, 5) is 14.9. The first-order chi connectivity index (χ1) is 6.75. The van der Waals surface area contributed by atoms with Gasteiger partial charge in [-0.15, -0.1) is 22.7 Å². The Morgan fingerprint density at radius 1 is 1.36 bits per heavy atom. The van der Waals surface area contributed by atoms with Crippen molar-refractivity contribution in [2.24, 2.45) is 0 Å². The number of aryl methyl sites for hydroxylation is 1. The number of Topliss-reactive ketones (excluding diaryl/α,β-unsaturated/α-hetero) is 1. The Morgan fingerprint density at radius 3 is 2.79 bits per heavy atom. The molecule has 2 aromatic heterocycles. The lowest BCUT2D eigenvalue weighted by Gasteiger charge is -1.93. The quantitative estimate of drug-likeness (QED) is 0.726. The molecule has 0 spiro atoms. The second-order valence-corrected chi connectivity index (χ2v) is 5.41. The van der Waals surface area contributed by atoms with Crippen LogP contribution in [0.5, 0.6) is 0 Å². The van der Waals surface area contributed by atoms with Gasteiger partial charge < -0.3 is 0 Å². The van der Waals surface area contributed by atoms with Gasteiger partial charge in [-0.2, -0.15) is 0 Å². The highest BCUT2D eigenvalue weighted by Gasteiger charge is 2.09. The highest BCUT2D eigenvalue weighted by Crippen LogP contribution is 2.19. The minimum absolute atomic E-state index is 0.227. The number of hydrogen-bond donors (Lipinski definition) is 0. The maximum Gasteiger partial charge on any atom is 0.177 e. The number of ketones is 1. The lowest BCUT2D eigenvalue weighted by molar-refractivity contribution is 0.0997. The van der Waals surface area contributed by atoms with E-state index in [1.165, 1.54) is 4.88 Å². The van der Waals surface area contributed by atoms with E-state index in [4.69, 9.17) is 0 Å². The van der Waals surface area contributed by atoms with Crippen molar-refractivity contribution in [1.29, 1.82) is 0 Å². The maximum absolute atomic E-state index is 11.7.